The van der Waals surface area contributed by atoms with Crippen molar-refractivity contribution in [3.63, 3.8) is 0 Å². The Labute approximate surface area is 210 Å². The summed E-state index contributed by atoms with van der Waals surface area (Å²) in [4.78, 5) is 26.6. The van der Waals surface area contributed by atoms with Crippen LogP contribution in [0.5, 0.6) is 17.2 Å². The van der Waals surface area contributed by atoms with Crippen LogP contribution in [-0.2, 0) is 6.42 Å². The van der Waals surface area contributed by atoms with E-state index in [2.05, 4.69) is 6.07 Å². The molecule has 1 aliphatic rings. The maximum absolute atomic E-state index is 13.8. The van der Waals surface area contributed by atoms with E-state index >= 15 is 0 Å². The molecule has 8 heteroatoms. The summed E-state index contributed by atoms with van der Waals surface area (Å²) in [5.41, 5.74) is 4.69. The fourth-order valence-electron chi connectivity index (χ4n) is 4.85. The molecule has 1 aliphatic heterocycles. The number of nitro benzene ring substituents is 1. The van der Waals surface area contributed by atoms with E-state index in [0.717, 1.165) is 28.0 Å². The molecular weight excluding hydrogens is 460 g/mol. The smallest absolute Gasteiger partial charge is 0.273 e. The van der Waals surface area contributed by atoms with E-state index in [1.54, 1.807) is 38.2 Å². The van der Waals surface area contributed by atoms with Crippen molar-refractivity contribution in [1.82, 2.24) is 4.90 Å². The topological polar surface area (TPSA) is 91.1 Å². The van der Waals surface area contributed by atoms with Crippen LogP contribution in [0, 0.1) is 30.9 Å². The van der Waals surface area contributed by atoms with Crippen LogP contribution in [0.1, 0.15) is 44.2 Å². The zero-order valence-electron chi connectivity index (χ0n) is 21.2. The third kappa shape index (κ3) is 4.84. The number of hydrogen-bond acceptors (Lipinski definition) is 6. The van der Waals surface area contributed by atoms with E-state index in [0.29, 0.717) is 35.6 Å². The molecule has 8 nitrogen and oxygen atoms in total. The summed E-state index contributed by atoms with van der Waals surface area (Å²) in [6.45, 7) is 6.27. The van der Waals surface area contributed by atoms with E-state index in [-0.39, 0.29) is 18.2 Å². The number of aryl methyl sites for hydroxylation is 2. The number of fused-ring (bicyclic) bond motifs is 1. The lowest BCUT2D eigenvalue weighted by Crippen LogP contribution is -2.42. The van der Waals surface area contributed by atoms with Crippen molar-refractivity contribution in [3.05, 3.63) is 92.0 Å². The normalized spacial score (nSPS) is 14.7. The van der Waals surface area contributed by atoms with Crippen molar-refractivity contribution in [2.45, 2.75) is 33.2 Å². The molecule has 36 heavy (non-hydrogen) atoms. The lowest BCUT2D eigenvalue weighted by molar-refractivity contribution is -0.385. The summed E-state index contributed by atoms with van der Waals surface area (Å²) in [7, 11) is 3.16. The second-order valence-electron chi connectivity index (χ2n) is 9.01. The van der Waals surface area contributed by atoms with Crippen molar-refractivity contribution < 1.29 is 23.9 Å². The number of nitrogens with zero attached hydrogens (tertiary/aromatic N) is 2. The number of methoxy groups -OCH3 is 2. The van der Waals surface area contributed by atoms with Gasteiger partial charge in [-0.3, -0.25) is 14.9 Å². The standard InChI is InChI=1S/C28H30N2O6/c1-17-11-18(2)13-21(12-17)36-16-25-23-15-27(35-5)26(34-4)14-20(23)9-10-29(25)28(31)22-7-6-8-24(19(22)3)30(32)33/h6-8,11-15,25H,9-10,16H2,1-5H3/t25-/m0/s1. The molecule has 4 rings (SSSR count). The summed E-state index contributed by atoms with van der Waals surface area (Å²) >= 11 is 0. The van der Waals surface area contributed by atoms with Crippen molar-refractivity contribution in [2.24, 2.45) is 0 Å². The van der Waals surface area contributed by atoms with Crippen LogP contribution in [-0.4, -0.2) is 43.1 Å². The Bertz CT molecular complexity index is 1300. The molecule has 0 bridgehead atoms. The Kier molecular flexibility index (Phi) is 7.15. The first kappa shape index (κ1) is 25.0. The quantitative estimate of drug-likeness (QED) is 0.327. The molecule has 0 fully saturated rings. The highest BCUT2D eigenvalue weighted by Gasteiger charge is 2.34. The van der Waals surface area contributed by atoms with Crippen molar-refractivity contribution in [2.75, 3.05) is 27.4 Å². The third-order valence-electron chi connectivity index (χ3n) is 6.60. The van der Waals surface area contributed by atoms with Crippen molar-refractivity contribution in [1.29, 1.82) is 0 Å². The lowest BCUT2D eigenvalue weighted by Gasteiger charge is -2.38. The number of ether oxygens (including phenoxy) is 3. The monoisotopic (exact) mass is 490 g/mol. The molecule has 0 saturated heterocycles. The summed E-state index contributed by atoms with van der Waals surface area (Å²) in [5.74, 6) is 1.64. The zero-order chi connectivity index (χ0) is 26.0. The molecule has 0 N–H and O–H groups in total. The van der Waals surface area contributed by atoms with Gasteiger partial charge in [-0.1, -0.05) is 12.1 Å². The molecule has 0 aromatic heterocycles. The largest absolute Gasteiger partial charge is 0.493 e. The molecule has 188 valence electrons. The summed E-state index contributed by atoms with van der Waals surface area (Å²) < 4.78 is 17.3. The van der Waals surface area contributed by atoms with Gasteiger partial charge in [-0.2, -0.15) is 0 Å². The van der Waals surface area contributed by atoms with Crippen LogP contribution in [0.15, 0.2) is 48.5 Å². The summed E-state index contributed by atoms with van der Waals surface area (Å²) in [5, 5.41) is 11.5. The van der Waals surface area contributed by atoms with Gasteiger partial charge in [0.25, 0.3) is 11.6 Å². The van der Waals surface area contributed by atoms with Gasteiger partial charge in [-0.05, 0) is 79.8 Å². The number of nitro groups is 1. The predicted octanol–water partition coefficient (Wildman–Crippen LogP) is 5.36. The summed E-state index contributed by atoms with van der Waals surface area (Å²) in [6, 6.07) is 14.0. The Morgan fingerprint density at radius 2 is 1.69 bits per heavy atom. The molecule has 1 atom stereocenters. The second kappa shape index (κ2) is 10.3. The van der Waals surface area contributed by atoms with Gasteiger partial charge in [0.2, 0.25) is 0 Å². The third-order valence-corrected chi connectivity index (χ3v) is 6.60. The first-order chi connectivity index (χ1) is 17.2. The highest BCUT2D eigenvalue weighted by molar-refractivity contribution is 5.97. The predicted molar refractivity (Wildman–Crippen MR) is 136 cm³/mol. The maximum Gasteiger partial charge on any atom is 0.273 e. The minimum Gasteiger partial charge on any atom is -0.493 e. The zero-order valence-corrected chi connectivity index (χ0v) is 21.2. The van der Waals surface area contributed by atoms with E-state index in [1.165, 1.54) is 6.07 Å². The SMILES string of the molecule is COc1cc2c(cc1OC)[C@H](COc1cc(C)cc(C)c1)N(C(=O)c1cccc([N+](=O)[O-])c1C)CC2. The molecule has 1 heterocycles. The number of amides is 1. The molecule has 0 unspecified atom stereocenters. The molecular formula is C28H30N2O6. The Morgan fingerprint density at radius 3 is 2.33 bits per heavy atom. The highest BCUT2D eigenvalue weighted by Crippen LogP contribution is 2.39. The summed E-state index contributed by atoms with van der Waals surface area (Å²) in [6.07, 6.45) is 0.607. The van der Waals surface area contributed by atoms with Gasteiger partial charge in [-0.25, -0.2) is 0 Å². The van der Waals surface area contributed by atoms with Gasteiger partial charge >= 0.3 is 0 Å². The lowest BCUT2D eigenvalue weighted by atomic mass is 9.91. The number of hydrogen-bond donors (Lipinski definition) is 0. The van der Waals surface area contributed by atoms with Crippen LogP contribution in [0.2, 0.25) is 0 Å². The van der Waals surface area contributed by atoms with Crippen LogP contribution in [0.25, 0.3) is 0 Å². The van der Waals surface area contributed by atoms with Gasteiger partial charge in [-0.15, -0.1) is 0 Å². The van der Waals surface area contributed by atoms with Crippen molar-refractivity contribution >= 4 is 11.6 Å². The van der Waals surface area contributed by atoms with Gasteiger partial charge in [0.1, 0.15) is 12.4 Å². The first-order valence-corrected chi connectivity index (χ1v) is 11.7. The van der Waals surface area contributed by atoms with Crippen LogP contribution < -0.4 is 14.2 Å². The van der Waals surface area contributed by atoms with Crippen LogP contribution in [0.3, 0.4) is 0 Å². The van der Waals surface area contributed by atoms with Crippen molar-refractivity contribution in [3.8, 4) is 17.2 Å². The molecule has 0 saturated carbocycles. The number of carbonyl (C=O) groups excluding carboxylic acids is 1. The number of benzene rings is 3. The molecule has 3 aromatic rings. The van der Waals surface area contributed by atoms with Crippen LogP contribution >= 0.6 is 0 Å². The van der Waals surface area contributed by atoms with Gasteiger partial charge < -0.3 is 19.1 Å². The molecule has 0 spiro atoms. The fraction of sp³-hybridized carbons (Fsp3) is 0.321. The molecule has 0 radical (unpaired) electrons. The first-order valence-electron chi connectivity index (χ1n) is 11.7. The maximum atomic E-state index is 13.8. The van der Waals surface area contributed by atoms with Gasteiger partial charge in [0.15, 0.2) is 11.5 Å². The van der Waals surface area contributed by atoms with Gasteiger partial charge in [0, 0.05) is 23.7 Å². The van der Waals surface area contributed by atoms with E-state index in [9.17, 15) is 14.9 Å². The molecule has 3 aromatic carbocycles. The number of carbonyl (C=O) groups is 1. The second-order valence-corrected chi connectivity index (χ2v) is 9.01. The number of rotatable bonds is 7. The minimum atomic E-state index is -0.463. The van der Waals surface area contributed by atoms with Gasteiger partial charge in [0.05, 0.1) is 25.2 Å². The Balaban J connectivity index is 1.76. The van der Waals surface area contributed by atoms with E-state index in [4.69, 9.17) is 14.2 Å². The molecule has 0 aliphatic carbocycles. The molecule has 1 amide bonds. The Hall–Kier alpha value is -4.07. The Morgan fingerprint density at radius 1 is 1.03 bits per heavy atom. The van der Waals surface area contributed by atoms with E-state index in [1.807, 2.05) is 38.1 Å². The minimum absolute atomic E-state index is 0.0762. The van der Waals surface area contributed by atoms with E-state index < -0.39 is 11.0 Å². The van der Waals surface area contributed by atoms with Crippen LogP contribution in [0.4, 0.5) is 5.69 Å². The average molecular weight is 491 g/mol. The average Bonchev–Trinajstić information content (AvgIpc) is 2.85. The fourth-order valence-corrected chi connectivity index (χ4v) is 4.85. The highest BCUT2D eigenvalue weighted by atomic mass is 16.6.